The van der Waals surface area contributed by atoms with Crippen molar-refractivity contribution in [1.82, 2.24) is 4.90 Å². The van der Waals surface area contributed by atoms with E-state index in [2.05, 4.69) is 6.92 Å². The molecule has 1 rings (SSSR count). The molecule has 2 nitrogen and oxygen atoms in total. The molecule has 1 aliphatic carbocycles. The van der Waals surface area contributed by atoms with Crippen LogP contribution >= 0.6 is 0 Å². The van der Waals surface area contributed by atoms with Gasteiger partial charge in [-0.2, -0.15) is 0 Å². The molecule has 2 heteroatoms. The third-order valence-electron chi connectivity index (χ3n) is 1.85. The summed E-state index contributed by atoms with van der Waals surface area (Å²) in [6.07, 6.45) is 4.70. The molecule has 0 atom stereocenters. The van der Waals surface area contributed by atoms with Gasteiger partial charge in [-0.15, -0.1) is 0 Å². The molecular formula is C8H15NO. The number of hydrogen-bond acceptors (Lipinski definition) is 1. The average molecular weight is 141 g/mol. The summed E-state index contributed by atoms with van der Waals surface area (Å²) in [6, 6.07) is 0. The van der Waals surface area contributed by atoms with Gasteiger partial charge in [0.2, 0.25) is 6.41 Å². The van der Waals surface area contributed by atoms with Gasteiger partial charge in [-0.25, -0.2) is 0 Å². The minimum Gasteiger partial charge on any atom is -0.345 e. The number of hydrogen-bond donors (Lipinski definition) is 0. The van der Waals surface area contributed by atoms with Crippen molar-refractivity contribution in [2.24, 2.45) is 5.92 Å². The van der Waals surface area contributed by atoms with E-state index in [1.165, 1.54) is 12.8 Å². The average Bonchev–Trinajstić information content (AvgIpc) is 2.71. The maximum Gasteiger partial charge on any atom is 0.209 e. The van der Waals surface area contributed by atoms with Crippen LogP contribution in [0.2, 0.25) is 0 Å². The maximum atomic E-state index is 10.4. The molecule has 1 saturated carbocycles. The number of amides is 1. The molecule has 0 unspecified atom stereocenters. The van der Waals surface area contributed by atoms with E-state index in [0.717, 1.165) is 31.8 Å². The van der Waals surface area contributed by atoms with Crippen molar-refractivity contribution in [2.45, 2.75) is 26.2 Å². The maximum absolute atomic E-state index is 10.4. The Morgan fingerprint density at radius 1 is 1.60 bits per heavy atom. The summed E-state index contributed by atoms with van der Waals surface area (Å²) >= 11 is 0. The summed E-state index contributed by atoms with van der Waals surface area (Å²) in [5.74, 6) is 0.830. The third kappa shape index (κ3) is 2.38. The molecule has 0 aromatic rings. The minimum absolute atomic E-state index is 0.830. The molecule has 58 valence electrons. The SMILES string of the molecule is CCCN(C=O)CC1CC1. The van der Waals surface area contributed by atoms with Crippen molar-refractivity contribution < 1.29 is 4.79 Å². The van der Waals surface area contributed by atoms with Gasteiger partial charge in [0.15, 0.2) is 0 Å². The Kier molecular flexibility index (Phi) is 2.72. The molecule has 0 aromatic carbocycles. The largest absolute Gasteiger partial charge is 0.345 e. The van der Waals surface area contributed by atoms with Crippen LogP contribution in [0.3, 0.4) is 0 Å². The molecule has 0 aliphatic heterocycles. The van der Waals surface area contributed by atoms with Crippen LogP contribution in [-0.2, 0) is 4.79 Å². The van der Waals surface area contributed by atoms with E-state index in [0.29, 0.717) is 0 Å². The van der Waals surface area contributed by atoms with Crippen LogP contribution in [0.4, 0.5) is 0 Å². The Balaban J connectivity index is 2.11. The normalized spacial score (nSPS) is 16.9. The molecule has 1 aliphatic rings. The van der Waals surface area contributed by atoms with E-state index in [-0.39, 0.29) is 0 Å². The topological polar surface area (TPSA) is 20.3 Å². The quantitative estimate of drug-likeness (QED) is 0.528. The van der Waals surface area contributed by atoms with E-state index in [1.807, 2.05) is 4.90 Å². The second-order valence-corrected chi connectivity index (χ2v) is 3.04. The van der Waals surface area contributed by atoms with Crippen LogP contribution in [0, 0.1) is 5.92 Å². The van der Waals surface area contributed by atoms with Crippen molar-refractivity contribution in [3.63, 3.8) is 0 Å². The van der Waals surface area contributed by atoms with Crippen LogP contribution < -0.4 is 0 Å². The molecule has 0 saturated heterocycles. The van der Waals surface area contributed by atoms with Gasteiger partial charge in [-0.05, 0) is 25.2 Å². The van der Waals surface area contributed by atoms with Crippen LogP contribution in [0.25, 0.3) is 0 Å². The lowest BCUT2D eigenvalue weighted by Crippen LogP contribution is -2.24. The Hall–Kier alpha value is -0.530. The van der Waals surface area contributed by atoms with Gasteiger partial charge in [0.25, 0.3) is 0 Å². The number of carbonyl (C=O) groups excluding carboxylic acids is 1. The van der Waals surface area contributed by atoms with Gasteiger partial charge in [0.1, 0.15) is 0 Å². The minimum atomic E-state index is 0.830. The fraction of sp³-hybridized carbons (Fsp3) is 0.875. The first-order chi connectivity index (χ1) is 4.86. The summed E-state index contributed by atoms with van der Waals surface area (Å²) in [6.45, 7) is 4.03. The monoisotopic (exact) mass is 141 g/mol. The second kappa shape index (κ2) is 3.59. The highest BCUT2D eigenvalue weighted by molar-refractivity contribution is 5.46. The predicted octanol–water partition coefficient (Wildman–Crippen LogP) is 1.26. The molecular weight excluding hydrogens is 126 g/mol. The Morgan fingerprint density at radius 3 is 2.70 bits per heavy atom. The van der Waals surface area contributed by atoms with Crippen LogP contribution in [0.1, 0.15) is 26.2 Å². The van der Waals surface area contributed by atoms with Gasteiger partial charge >= 0.3 is 0 Å². The van der Waals surface area contributed by atoms with Crippen LogP contribution in [0.5, 0.6) is 0 Å². The molecule has 1 amide bonds. The van der Waals surface area contributed by atoms with Gasteiger partial charge in [0.05, 0.1) is 0 Å². The van der Waals surface area contributed by atoms with Crippen molar-refractivity contribution in [2.75, 3.05) is 13.1 Å². The standard InChI is InChI=1S/C8H15NO/c1-2-5-9(7-10)6-8-3-4-8/h7-8H,2-6H2,1H3. The summed E-state index contributed by atoms with van der Waals surface area (Å²) in [7, 11) is 0. The highest BCUT2D eigenvalue weighted by Gasteiger charge is 2.23. The highest BCUT2D eigenvalue weighted by Crippen LogP contribution is 2.29. The third-order valence-corrected chi connectivity index (χ3v) is 1.85. The smallest absolute Gasteiger partial charge is 0.209 e. The Bertz CT molecular complexity index is 110. The summed E-state index contributed by atoms with van der Waals surface area (Å²) in [5, 5.41) is 0. The van der Waals surface area contributed by atoms with Crippen molar-refractivity contribution in [3.05, 3.63) is 0 Å². The first kappa shape index (κ1) is 7.58. The van der Waals surface area contributed by atoms with Crippen molar-refractivity contribution in [3.8, 4) is 0 Å². The molecule has 10 heavy (non-hydrogen) atoms. The van der Waals surface area contributed by atoms with E-state index in [9.17, 15) is 4.79 Å². The van der Waals surface area contributed by atoms with E-state index < -0.39 is 0 Å². The Labute approximate surface area is 62.2 Å². The van der Waals surface area contributed by atoms with E-state index in [1.54, 1.807) is 0 Å². The zero-order valence-corrected chi connectivity index (χ0v) is 6.55. The molecule has 0 spiro atoms. The lowest BCUT2D eigenvalue weighted by molar-refractivity contribution is -0.118. The van der Waals surface area contributed by atoms with E-state index in [4.69, 9.17) is 0 Å². The van der Waals surface area contributed by atoms with Gasteiger partial charge in [-0.1, -0.05) is 6.92 Å². The van der Waals surface area contributed by atoms with Gasteiger partial charge in [0, 0.05) is 13.1 Å². The fourth-order valence-corrected chi connectivity index (χ4v) is 1.11. The zero-order chi connectivity index (χ0) is 7.40. The van der Waals surface area contributed by atoms with Crippen LogP contribution in [-0.4, -0.2) is 24.4 Å². The number of nitrogens with zero attached hydrogens (tertiary/aromatic N) is 1. The molecule has 0 radical (unpaired) electrons. The number of rotatable bonds is 5. The highest BCUT2D eigenvalue weighted by atomic mass is 16.1. The van der Waals surface area contributed by atoms with E-state index >= 15 is 0 Å². The lowest BCUT2D eigenvalue weighted by atomic mass is 10.3. The summed E-state index contributed by atoms with van der Waals surface area (Å²) in [4.78, 5) is 12.3. The molecule has 1 fully saturated rings. The van der Waals surface area contributed by atoms with Crippen molar-refractivity contribution in [1.29, 1.82) is 0 Å². The molecule has 0 bridgehead atoms. The molecule has 0 N–H and O–H groups in total. The predicted molar refractivity (Wildman–Crippen MR) is 40.7 cm³/mol. The fourth-order valence-electron chi connectivity index (χ4n) is 1.11. The summed E-state index contributed by atoms with van der Waals surface area (Å²) < 4.78 is 0. The number of carbonyl (C=O) groups is 1. The summed E-state index contributed by atoms with van der Waals surface area (Å²) in [5.41, 5.74) is 0. The first-order valence-corrected chi connectivity index (χ1v) is 4.06. The van der Waals surface area contributed by atoms with Gasteiger partial charge < -0.3 is 4.90 Å². The van der Waals surface area contributed by atoms with Crippen LogP contribution in [0.15, 0.2) is 0 Å². The van der Waals surface area contributed by atoms with Crippen molar-refractivity contribution >= 4 is 6.41 Å². The Morgan fingerprint density at radius 2 is 2.30 bits per heavy atom. The molecule has 0 aromatic heterocycles. The second-order valence-electron chi connectivity index (χ2n) is 3.04. The molecule has 0 heterocycles. The first-order valence-electron chi connectivity index (χ1n) is 4.06. The van der Waals surface area contributed by atoms with Gasteiger partial charge in [-0.3, -0.25) is 4.79 Å². The lowest BCUT2D eigenvalue weighted by Gasteiger charge is -2.14. The zero-order valence-electron chi connectivity index (χ0n) is 6.55.